The summed E-state index contributed by atoms with van der Waals surface area (Å²) in [7, 11) is 0. The second-order valence-corrected chi connectivity index (χ2v) is 6.41. The highest BCUT2D eigenvalue weighted by atomic mass is 16.3. The van der Waals surface area contributed by atoms with Gasteiger partial charge in [0.2, 0.25) is 5.91 Å². The van der Waals surface area contributed by atoms with E-state index in [1.54, 1.807) is 55.5 Å². The smallest absolute Gasteiger partial charge is 0.271 e. The summed E-state index contributed by atoms with van der Waals surface area (Å²) in [6, 6.07) is 13.2. The topological polar surface area (TPSA) is 90.8 Å². The van der Waals surface area contributed by atoms with Crippen molar-refractivity contribution < 1.29 is 14.7 Å². The first-order valence-corrected chi connectivity index (χ1v) is 8.39. The summed E-state index contributed by atoms with van der Waals surface area (Å²) in [5.74, 6) is 0.0132. The second-order valence-electron chi connectivity index (χ2n) is 6.41. The summed E-state index contributed by atoms with van der Waals surface area (Å²) < 4.78 is 0. The van der Waals surface area contributed by atoms with Crippen molar-refractivity contribution in [3.63, 3.8) is 0 Å². The van der Waals surface area contributed by atoms with Gasteiger partial charge in [-0.05, 0) is 49.2 Å². The predicted molar refractivity (Wildman–Crippen MR) is 102 cm³/mol. The van der Waals surface area contributed by atoms with Crippen molar-refractivity contribution in [3.05, 3.63) is 59.7 Å². The lowest BCUT2D eigenvalue weighted by molar-refractivity contribution is -0.116. The minimum Gasteiger partial charge on any atom is -0.508 e. The van der Waals surface area contributed by atoms with E-state index in [1.807, 2.05) is 13.8 Å². The number of anilines is 1. The Morgan fingerprint density at radius 2 is 1.77 bits per heavy atom. The molecule has 2 aromatic rings. The first kappa shape index (κ1) is 19.2. The van der Waals surface area contributed by atoms with Gasteiger partial charge >= 0.3 is 0 Å². The Bertz CT molecular complexity index is 811. The molecule has 0 radical (unpaired) electrons. The minimum atomic E-state index is -0.357. The summed E-state index contributed by atoms with van der Waals surface area (Å²) in [5.41, 5.74) is 4.85. The number of carbonyl (C=O) groups excluding carboxylic acids is 2. The van der Waals surface area contributed by atoms with Crippen LogP contribution in [0.3, 0.4) is 0 Å². The fourth-order valence-electron chi connectivity index (χ4n) is 2.28. The average Bonchev–Trinajstić information content (AvgIpc) is 2.59. The minimum absolute atomic E-state index is 0.0523. The summed E-state index contributed by atoms with van der Waals surface area (Å²) >= 11 is 0. The van der Waals surface area contributed by atoms with Crippen molar-refractivity contribution >= 4 is 23.2 Å². The van der Waals surface area contributed by atoms with Crippen molar-refractivity contribution in [1.82, 2.24) is 5.43 Å². The second kappa shape index (κ2) is 8.80. The Labute approximate surface area is 152 Å². The van der Waals surface area contributed by atoms with Crippen LogP contribution in [0.25, 0.3) is 0 Å². The summed E-state index contributed by atoms with van der Waals surface area (Å²) in [4.78, 5) is 23.9. The maximum absolute atomic E-state index is 12.2. The number of phenolic OH excluding ortho intramolecular Hbond substituents is 1. The molecule has 2 aromatic carbocycles. The van der Waals surface area contributed by atoms with Gasteiger partial charge in [0.05, 0.1) is 5.71 Å². The number of nitrogens with one attached hydrogen (secondary N) is 2. The average molecular weight is 353 g/mol. The highest BCUT2D eigenvalue weighted by molar-refractivity contribution is 6.01. The van der Waals surface area contributed by atoms with Crippen LogP contribution >= 0.6 is 0 Å². The van der Waals surface area contributed by atoms with Gasteiger partial charge in [-0.2, -0.15) is 5.10 Å². The summed E-state index contributed by atoms with van der Waals surface area (Å²) in [5, 5.41) is 16.3. The molecule has 26 heavy (non-hydrogen) atoms. The number of rotatable bonds is 6. The highest BCUT2D eigenvalue weighted by Crippen LogP contribution is 2.13. The van der Waals surface area contributed by atoms with Gasteiger partial charge in [0, 0.05) is 23.2 Å². The van der Waals surface area contributed by atoms with Crippen LogP contribution in [0.2, 0.25) is 0 Å². The molecular weight excluding hydrogens is 330 g/mol. The Kier molecular flexibility index (Phi) is 6.49. The van der Waals surface area contributed by atoms with E-state index >= 15 is 0 Å². The third-order valence-electron chi connectivity index (χ3n) is 3.61. The molecule has 0 heterocycles. The molecule has 0 spiro atoms. The molecular formula is C20H23N3O3. The molecule has 6 heteroatoms. The fraction of sp³-hybridized carbons (Fsp3) is 0.250. The molecule has 0 atom stereocenters. The number of amides is 2. The van der Waals surface area contributed by atoms with Gasteiger partial charge in [-0.1, -0.05) is 26.0 Å². The van der Waals surface area contributed by atoms with Crippen LogP contribution in [-0.4, -0.2) is 22.6 Å². The third kappa shape index (κ3) is 5.73. The van der Waals surface area contributed by atoms with Crippen LogP contribution in [0.4, 0.5) is 5.69 Å². The van der Waals surface area contributed by atoms with Crippen molar-refractivity contribution in [2.24, 2.45) is 11.0 Å². The number of phenols is 1. The number of aromatic hydroxyl groups is 1. The lowest BCUT2D eigenvalue weighted by Gasteiger charge is -2.08. The molecule has 0 unspecified atom stereocenters. The summed E-state index contributed by atoms with van der Waals surface area (Å²) in [6.45, 7) is 5.70. The predicted octanol–water partition coefficient (Wildman–Crippen LogP) is 3.53. The standard InChI is InChI=1S/C20H23N3O3/c1-13(2)11-19(25)21-17-9-7-15(8-10-17)20(26)23-22-14(3)16-5-4-6-18(24)12-16/h4-10,12-13,24H,11H2,1-3H3,(H,21,25)(H,23,26)/b22-14-. The number of hydrazone groups is 1. The molecule has 0 fully saturated rings. The van der Waals surface area contributed by atoms with Crippen LogP contribution in [0.1, 0.15) is 43.1 Å². The monoisotopic (exact) mass is 353 g/mol. The molecule has 2 rings (SSSR count). The van der Waals surface area contributed by atoms with E-state index in [9.17, 15) is 14.7 Å². The van der Waals surface area contributed by atoms with Crippen molar-refractivity contribution in [2.45, 2.75) is 27.2 Å². The lowest BCUT2D eigenvalue weighted by atomic mass is 10.1. The van der Waals surface area contributed by atoms with Gasteiger partial charge in [0.1, 0.15) is 5.75 Å². The fourth-order valence-corrected chi connectivity index (χ4v) is 2.28. The van der Waals surface area contributed by atoms with Crippen molar-refractivity contribution in [3.8, 4) is 5.75 Å². The lowest BCUT2D eigenvalue weighted by Crippen LogP contribution is -2.19. The van der Waals surface area contributed by atoms with Gasteiger partial charge < -0.3 is 10.4 Å². The molecule has 0 aliphatic carbocycles. The molecule has 3 N–H and O–H groups in total. The van der Waals surface area contributed by atoms with Crippen LogP contribution in [0.5, 0.6) is 5.75 Å². The SMILES string of the molecule is C/C(=N/NC(=O)c1ccc(NC(=O)CC(C)C)cc1)c1cccc(O)c1. The molecule has 2 amide bonds. The summed E-state index contributed by atoms with van der Waals surface area (Å²) in [6.07, 6.45) is 0.450. The zero-order valence-corrected chi connectivity index (χ0v) is 15.1. The first-order chi connectivity index (χ1) is 12.3. The Hall–Kier alpha value is -3.15. The van der Waals surface area contributed by atoms with Gasteiger partial charge in [-0.25, -0.2) is 5.43 Å². The highest BCUT2D eigenvalue weighted by Gasteiger charge is 2.08. The quantitative estimate of drug-likeness (QED) is 0.548. The Morgan fingerprint density at radius 1 is 1.08 bits per heavy atom. The molecule has 0 aliphatic rings. The maximum Gasteiger partial charge on any atom is 0.271 e. The van der Waals surface area contributed by atoms with Gasteiger partial charge in [-0.15, -0.1) is 0 Å². The van der Waals surface area contributed by atoms with E-state index in [0.29, 0.717) is 28.9 Å². The zero-order chi connectivity index (χ0) is 19.1. The molecule has 0 saturated carbocycles. The van der Waals surface area contributed by atoms with Crippen LogP contribution in [0, 0.1) is 5.92 Å². The third-order valence-corrected chi connectivity index (χ3v) is 3.61. The van der Waals surface area contributed by atoms with E-state index in [2.05, 4.69) is 15.8 Å². The molecule has 0 aromatic heterocycles. The van der Waals surface area contributed by atoms with Gasteiger partial charge in [0.25, 0.3) is 5.91 Å². The molecule has 6 nitrogen and oxygen atoms in total. The number of hydrogen-bond acceptors (Lipinski definition) is 4. The Morgan fingerprint density at radius 3 is 2.38 bits per heavy atom. The van der Waals surface area contributed by atoms with E-state index in [0.717, 1.165) is 0 Å². The molecule has 0 bridgehead atoms. The molecule has 0 aliphatic heterocycles. The Balaban J connectivity index is 1.97. The molecule has 136 valence electrons. The number of hydrogen-bond donors (Lipinski definition) is 3. The van der Waals surface area contributed by atoms with Gasteiger partial charge in [0.15, 0.2) is 0 Å². The van der Waals surface area contributed by atoms with E-state index in [4.69, 9.17) is 0 Å². The normalized spacial score (nSPS) is 11.3. The van der Waals surface area contributed by atoms with E-state index < -0.39 is 0 Å². The van der Waals surface area contributed by atoms with Crippen LogP contribution in [-0.2, 0) is 4.79 Å². The van der Waals surface area contributed by atoms with E-state index in [-0.39, 0.29) is 23.5 Å². The zero-order valence-electron chi connectivity index (χ0n) is 15.1. The first-order valence-electron chi connectivity index (χ1n) is 8.39. The van der Waals surface area contributed by atoms with E-state index in [1.165, 1.54) is 0 Å². The number of benzene rings is 2. The van der Waals surface area contributed by atoms with Crippen LogP contribution in [0.15, 0.2) is 53.6 Å². The number of carbonyl (C=O) groups is 2. The van der Waals surface area contributed by atoms with Crippen molar-refractivity contribution in [2.75, 3.05) is 5.32 Å². The van der Waals surface area contributed by atoms with Crippen LogP contribution < -0.4 is 10.7 Å². The van der Waals surface area contributed by atoms with Crippen molar-refractivity contribution in [1.29, 1.82) is 0 Å². The van der Waals surface area contributed by atoms with Gasteiger partial charge in [-0.3, -0.25) is 9.59 Å². The molecule has 0 saturated heterocycles. The maximum atomic E-state index is 12.2. The number of nitrogens with zero attached hydrogens (tertiary/aromatic N) is 1. The largest absolute Gasteiger partial charge is 0.508 e.